The van der Waals surface area contributed by atoms with Crippen molar-refractivity contribution in [2.45, 2.75) is 13.8 Å². The van der Waals surface area contributed by atoms with Gasteiger partial charge in [0.05, 0.1) is 5.69 Å². The van der Waals surface area contributed by atoms with E-state index in [1.165, 1.54) is 0 Å². The Labute approximate surface area is 93.9 Å². The van der Waals surface area contributed by atoms with Crippen LogP contribution in [0.15, 0.2) is 24.5 Å². The van der Waals surface area contributed by atoms with Crippen LogP contribution in [-0.2, 0) is 7.05 Å². The molecule has 0 bridgehead atoms. The molecule has 2 rings (SSSR count). The van der Waals surface area contributed by atoms with Crippen molar-refractivity contribution in [3.63, 3.8) is 0 Å². The SMILES string of the molecule is Cc1cc(C(=O)c2cnccc2C)n(C)n1. The van der Waals surface area contributed by atoms with Gasteiger partial charge >= 0.3 is 0 Å². The van der Waals surface area contributed by atoms with Gasteiger partial charge in [-0.05, 0) is 31.5 Å². The number of aryl methyl sites for hydroxylation is 3. The highest BCUT2D eigenvalue weighted by Crippen LogP contribution is 2.13. The first-order valence-corrected chi connectivity index (χ1v) is 5.05. The lowest BCUT2D eigenvalue weighted by Gasteiger charge is -2.03. The van der Waals surface area contributed by atoms with E-state index >= 15 is 0 Å². The van der Waals surface area contributed by atoms with Crippen LogP contribution < -0.4 is 0 Å². The number of carbonyl (C=O) groups excluding carboxylic acids is 1. The van der Waals surface area contributed by atoms with Gasteiger partial charge in [-0.15, -0.1) is 0 Å². The minimum absolute atomic E-state index is 0.0336. The molecule has 0 aromatic carbocycles. The fraction of sp³-hybridized carbons (Fsp3) is 0.250. The lowest BCUT2D eigenvalue weighted by molar-refractivity contribution is 0.102. The molecular weight excluding hydrogens is 202 g/mol. The number of aromatic nitrogens is 3. The molecule has 0 aliphatic carbocycles. The molecule has 0 saturated heterocycles. The monoisotopic (exact) mass is 215 g/mol. The Kier molecular flexibility index (Phi) is 2.56. The average molecular weight is 215 g/mol. The molecule has 16 heavy (non-hydrogen) atoms. The Morgan fingerprint density at radius 2 is 2.12 bits per heavy atom. The topological polar surface area (TPSA) is 47.8 Å². The summed E-state index contributed by atoms with van der Waals surface area (Å²) in [7, 11) is 1.77. The zero-order valence-electron chi connectivity index (χ0n) is 9.56. The Balaban J connectivity index is 2.47. The van der Waals surface area contributed by atoms with E-state index in [-0.39, 0.29) is 5.78 Å². The van der Waals surface area contributed by atoms with Crippen LogP contribution >= 0.6 is 0 Å². The zero-order chi connectivity index (χ0) is 11.7. The normalized spacial score (nSPS) is 10.4. The summed E-state index contributed by atoms with van der Waals surface area (Å²) >= 11 is 0. The third-order valence-electron chi connectivity index (χ3n) is 2.52. The Hall–Kier alpha value is -1.97. The van der Waals surface area contributed by atoms with Crippen molar-refractivity contribution < 1.29 is 4.79 Å². The third kappa shape index (κ3) is 1.74. The number of nitrogens with zero attached hydrogens (tertiary/aromatic N) is 3. The van der Waals surface area contributed by atoms with Gasteiger partial charge in [-0.2, -0.15) is 5.10 Å². The maximum atomic E-state index is 12.2. The molecule has 4 heteroatoms. The number of hydrogen-bond donors (Lipinski definition) is 0. The molecule has 0 N–H and O–H groups in total. The predicted molar refractivity (Wildman–Crippen MR) is 60.4 cm³/mol. The first-order chi connectivity index (χ1) is 7.59. The summed E-state index contributed by atoms with van der Waals surface area (Å²) < 4.78 is 1.60. The van der Waals surface area contributed by atoms with E-state index in [4.69, 9.17) is 0 Å². The Bertz CT molecular complexity index is 543. The molecule has 0 unspecified atom stereocenters. The first-order valence-electron chi connectivity index (χ1n) is 5.05. The van der Waals surface area contributed by atoms with Crippen LogP contribution in [-0.4, -0.2) is 20.5 Å². The first kappa shape index (κ1) is 10.5. The van der Waals surface area contributed by atoms with Crippen molar-refractivity contribution >= 4 is 5.78 Å². The summed E-state index contributed by atoms with van der Waals surface area (Å²) in [5, 5.41) is 4.16. The Morgan fingerprint density at radius 3 is 2.69 bits per heavy atom. The summed E-state index contributed by atoms with van der Waals surface area (Å²) in [4.78, 5) is 16.2. The number of pyridine rings is 1. The van der Waals surface area contributed by atoms with Crippen LogP contribution in [0.3, 0.4) is 0 Å². The van der Waals surface area contributed by atoms with Gasteiger partial charge < -0.3 is 0 Å². The molecule has 0 aliphatic heterocycles. The quantitative estimate of drug-likeness (QED) is 0.716. The van der Waals surface area contributed by atoms with E-state index in [9.17, 15) is 4.79 Å². The highest BCUT2D eigenvalue weighted by molar-refractivity contribution is 6.08. The number of ketones is 1. The van der Waals surface area contributed by atoms with Gasteiger partial charge in [0.15, 0.2) is 0 Å². The summed E-state index contributed by atoms with van der Waals surface area (Å²) in [6.07, 6.45) is 3.28. The molecule has 2 heterocycles. The van der Waals surface area contributed by atoms with Crippen molar-refractivity contribution in [1.82, 2.24) is 14.8 Å². The summed E-state index contributed by atoms with van der Waals surface area (Å²) in [6.45, 7) is 3.77. The molecular formula is C12H13N3O. The van der Waals surface area contributed by atoms with Crippen LogP contribution in [0.2, 0.25) is 0 Å². The minimum atomic E-state index is -0.0336. The van der Waals surface area contributed by atoms with Crippen molar-refractivity contribution in [2.24, 2.45) is 7.05 Å². The number of carbonyl (C=O) groups is 1. The molecule has 0 saturated carbocycles. The predicted octanol–water partition coefficient (Wildman–Crippen LogP) is 1.66. The molecule has 0 fully saturated rings. The van der Waals surface area contributed by atoms with Crippen molar-refractivity contribution in [2.75, 3.05) is 0 Å². The van der Waals surface area contributed by atoms with Crippen LogP contribution in [0.1, 0.15) is 27.3 Å². The third-order valence-corrected chi connectivity index (χ3v) is 2.52. The molecule has 0 aliphatic rings. The standard InChI is InChI=1S/C12H13N3O/c1-8-4-5-13-7-10(8)12(16)11-6-9(2)14-15(11)3/h4-7H,1-3H3. The van der Waals surface area contributed by atoms with Gasteiger partial charge in [-0.1, -0.05) is 0 Å². The second kappa shape index (κ2) is 3.89. The number of rotatable bonds is 2. The molecule has 0 atom stereocenters. The van der Waals surface area contributed by atoms with Gasteiger partial charge in [-0.25, -0.2) is 0 Å². The lowest BCUT2D eigenvalue weighted by Crippen LogP contribution is -2.09. The van der Waals surface area contributed by atoms with Crippen LogP contribution in [0.4, 0.5) is 0 Å². The van der Waals surface area contributed by atoms with E-state index in [1.807, 2.05) is 19.9 Å². The average Bonchev–Trinajstić information content (AvgIpc) is 2.58. The van der Waals surface area contributed by atoms with Crippen LogP contribution in [0.25, 0.3) is 0 Å². The van der Waals surface area contributed by atoms with Gasteiger partial charge in [0.25, 0.3) is 0 Å². The number of hydrogen-bond acceptors (Lipinski definition) is 3. The fourth-order valence-corrected chi connectivity index (χ4v) is 1.66. The smallest absolute Gasteiger partial charge is 0.212 e. The second-order valence-corrected chi connectivity index (χ2v) is 3.81. The maximum Gasteiger partial charge on any atom is 0.212 e. The van der Waals surface area contributed by atoms with Gasteiger partial charge in [0.1, 0.15) is 5.69 Å². The fourth-order valence-electron chi connectivity index (χ4n) is 1.66. The molecule has 4 nitrogen and oxygen atoms in total. The molecule has 0 amide bonds. The lowest BCUT2D eigenvalue weighted by atomic mass is 10.1. The molecule has 0 spiro atoms. The second-order valence-electron chi connectivity index (χ2n) is 3.81. The summed E-state index contributed by atoms with van der Waals surface area (Å²) in [6, 6.07) is 3.62. The van der Waals surface area contributed by atoms with Gasteiger partial charge in [0, 0.05) is 25.0 Å². The zero-order valence-corrected chi connectivity index (χ0v) is 9.56. The Morgan fingerprint density at radius 1 is 1.38 bits per heavy atom. The summed E-state index contributed by atoms with van der Waals surface area (Å²) in [5.74, 6) is -0.0336. The van der Waals surface area contributed by atoms with Gasteiger partial charge in [0.2, 0.25) is 5.78 Å². The van der Waals surface area contributed by atoms with E-state index in [1.54, 1.807) is 30.2 Å². The van der Waals surface area contributed by atoms with Crippen molar-refractivity contribution in [3.8, 4) is 0 Å². The van der Waals surface area contributed by atoms with Crippen molar-refractivity contribution in [1.29, 1.82) is 0 Å². The highest BCUT2D eigenvalue weighted by Gasteiger charge is 2.15. The molecule has 2 aromatic heterocycles. The van der Waals surface area contributed by atoms with E-state index in [2.05, 4.69) is 10.1 Å². The largest absolute Gasteiger partial charge is 0.287 e. The molecule has 82 valence electrons. The van der Waals surface area contributed by atoms with Crippen molar-refractivity contribution in [3.05, 3.63) is 47.0 Å². The van der Waals surface area contributed by atoms with Crippen LogP contribution in [0, 0.1) is 13.8 Å². The van der Waals surface area contributed by atoms with E-state index in [0.29, 0.717) is 11.3 Å². The minimum Gasteiger partial charge on any atom is -0.287 e. The summed E-state index contributed by atoms with van der Waals surface area (Å²) in [5.41, 5.74) is 2.99. The van der Waals surface area contributed by atoms with Gasteiger partial charge in [-0.3, -0.25) is 14.5 Å². The van der Waals surface area contributed by atoms with Crippen LogP contribution in [0.5, 0.6) is 0 Å². The van der Waals surface area contributed by atoms with E-state index < -0.39 is 0 Å². The van der Waals surface area contributed by atoms with E-state index in [0.717, 1.165) is 11.3 Å². The molecule has 0 radical (unpaired) electrons. The maximum absolute atomic E-state index is 12.2. The molecule has 2 aromatic rings. The highest BCUT2D eigenvalue weighted by atomic mass is 16.1.